The molecule has 1 aliphatic rings. The Morgan fingerprint density at radius 2 is 2.12 bits per heavy atom. The van der Waals surface area contributed by atoms with E-state index in [-0.39, 0.29) is 12.1 Å². The Morgan fingerprint density at radius 3 is 2.88 bits per heavy atom. The van der Waals surface area contributed by atoms with Crippen molar-refractivity contribution < 1.29 is 5.11 Å². The Kier molecular flexibility index (Phi) is 4.22. The van der Waals surface area contributed by atoms with Crippen LogP contribution in [0, 0.1) is 0 Å². The lowest BCUT2D eigenvalue weighted by atomic mass is 9.92. The molecule has 2 nitrogen and oxygen atoms in total. The number of hydrogen-bond acceptors (Lipinski definition) is 2. The van der Waals surface area contributed by atoms with Gasteiger partial charge in [0.1, 0.15) is 0 Å². The summed E-state index contributed by atoms with van der Waals surface area (Å²) in [6, 6.07) is 8.09. The highest BCUT2D eigenvalue weighted by Crippen LogP contribution is 2.19. The van der Waals surface area contributed by atoms with Crippen molar-refractivity contribution in [1.29, 1.82) is 0 Å². The summed E-state index contributed by atoms with van der Waals surface area (Å²) in [4.78, 5) is 0. The highest BCUT2D eigenvalue weighted by Gasteiger charge is 2.21. The largest absolute Gasteiger partial charge is 0.392 e. The van der Waals surface area contributed by atoms with Crippen LogP contribution in [0.25, 0.3) is 0 Å². The maximum atomic E-state index is 9.81. The monoisotopic (exact) mass is 239 g/mol. The van der Waals surface area contributed by atoms with E-state index in [1.54, 1.807) is 0 Å². The maximum Gasteiger partial charge on any atom is 0.0693 e. The van der Waals surface area contributed by atoms with Crippen molar-refractivity contribution in [3.8, 4) is 0 Å². The Morgan fingerprint density at radius 1 is 1.31 bits per heavy atom. The molecule has 0 bridgehead atoms. The molecule has 0 unspecified atom stereocenters. The van der Waals surface area contributed by atoms with Crippen LogP contribution in [0.3, 0.4) is 0 Å². The van der Waals surface area contributed by atoms with Gasteiger partial charge in [-0.3, -0.25) is 0 Å². The predicted molar refractivity (Wildman–Crippen MR) is 66.6 cm³/mol. The van der Waals surface area contributed by atoms with Crippen LogP contribution in [0.15, 0.2) is 24.3 Å². The second-order valence-electron chi connectivity index (χ2n) is 4.47. The molecule has 16 heavy (non-hydrogen) atoms. The third-order valence-corrected chi connectivity index (χ3v) is 3.42. The fourth-order valence-corrected chi connectivity index (χ4v) is 2.46. The van der Waals surface area contributed by atoms with Gasteiger partial charge in [-0.2, -0.15) is 0 Å². The fraction of sp³-hybridized carbons (Fsp3) is 0.538. The summed E-state index contributed by atoms with van der Waals surface area (Å²) in [5.74, 6) is 0. The Bertz CT molecular complexity index is 342. The molecule has 1 saturated carbocycles. The van der Waals surface area contributed by atoms with Gasteiger partial charge in [-0.25, -0.2) is 0 Å². The molecule has 2 rings (SSSR count). The minimum atomic E-state index is -0.187. The number of aliphatic hydroxyl groups excluding tert-OH is 1. The third kappa shape index (κ3) is 3.21. The second-order valence-corrected chi connectivity index (χ2v) is 4.91. The van der Waals surface area contributed by atoms with Gasteiger partial charge in [-0.15, -0.1) is 0 Å². The lowest BCUT2D eigenvalue weighted by Crippen LogP contribution is -2.41. The normalized spacial score (nSPS) is 25.6. The SMILES string of the molecule is O[C@@H]1CCCC[C@H]1NCc1cccc(Cl)c1. The van der Waals surface area contributed by atoms with Crippen molar-refractivity contribution >= 4 is 11.6 Å². The first kappa shape index (κ1) is 11.9. The maximum absolute atomic E-state index is 9.81. The summed E-state index contributed by atoms with van der Waals surface area (Å²) in [5, 5.41) is 14.0. The van der Waals surface area contributed by atoms with E-state index in [9.17, 15) is 5.11 Å². The highest BCUT2D eigenvalue weighted by atomic mass is 35.5. The number of rotatable bonds is 3. The van der Waals surface area contributed by atoms with Gasteiger partial charge in [0.05, 0.1) is 6.10 Å². The molecule has 2 atom stereocenters. The lowest BCUT2D eigenvalue weighted by molar-refractivity contribution is 0.0902. The summed E-state index contributed by atoms with van der Waals surface area (Å²) < 4.78 is 0. The first-order chi connectivity index (χ1) is 7.75. The molecule has 1 fully saturated rings. The molecule has 0 spiro atoms. The zero-order chi connectivity index (χ0) is 11.4. The van der Waals surface area contributed by atoms with Gasteiger partial charge in [0.15, 0.2) is 0 Å². The lowest BCUT2D eigenvalue weighted by Gasteiger charge is -2.28. The fourth-order valence-electron chi connectivity index (χ4n) is 2.25. The molecule has 0 aliphatic heterocycles. The average molecular weight is 240 g/mol. The van der Waals surface area contributed by atoms with Crippen molar-refractivity contribution in [3.05, 3.63) is 34.9 Å². The molecule has 1 aliphatic carbocycles. The minimum absolute atomic E-state index is 0.187. The molecule has 0 aromatic heterocycles. The van der Waals surface area contributed by atoms with Crippen LogP contribution in [-0.4, -0.2) is 17.3 Å². The van der Waals surface area contributed by atoms with Crippen LogP contribution in [0.5, 0.6) is 0 Å². The van der Waals surface area contributed by atoms with Crippen molar-refractivity contribution in [2.24, 2.45) is 0 Å². The number of nitrogens with one attached hydrogen (secondary N) is 1. The zero-order valence-electron chi connectivity index (χ0n) is 9.32. The molecule has 0 saturated heterocycles. The molecular weight excluding hydrogens is 222 g/mol. The molecule has 3 heteroatoms. The number of halogens is 1. The van der Waals surface area contributed by atoms with E-state index < -0.39 is 0 Å². The Labute approximate surface area is 102 Å². The summed E-state index contributed by atoms with van der Waals surface area (Å²) in [5.41, 5.74) is 1.17. The van der Waals surface area contributed by atoms with Crippen LogP contribution >= 0.6 is 11.6 Å². The minimum Gasteiger partial charge on any atom is -0.392 e. The summed E-state index contributed by atoms with van der Waals surface area (Å²) in [6.45, 7) is 0.780. The van der Waals surface area contributed by atoms with Gasteiger partial charge in [-0.1, -0.05) is 36.6 Å². The zero-order valence-corrected chi connectivity index (χ0v) is 10.1. The summed E-state index contributed by atoms with van der Waals surface area (Å²) in [6.07, 6.45) is 4.17. The third-order valence-electron chi connectivity index (χ3n) is 3.19. The van der Waals surface area contributed by atoms with Crippen molar-refractivity contribution in [3.63, 3.8) is 0 Å². The molecule has 0 amide bonds. The van der Waals surface area contributed by atoms with Crippen LogP contribution in [0.2, 0.25) is 5.02 Å². The van der Waals surface area contributed by atoms with Gasteiger partial charge in [0.25, 0.3) is 0 Å². The molecule has 88 valence electrons. The number of aliphatic hydroxyl groups is 1. The van der Waals surface area contributed by atoms with Crippen LogP contribution in [0.4, 0.5) is 0 Å². The second kappa shape index (κ2) is 5.67. The topological polar surface area (TPSA) is 32.3 Å². The van der Waals surface area contributed by atoms with E-state index in [1.165, 1.54) is 12.0 Å². The van der Waals surface area contributed by atoms with E-state index in [1.807, 2.05) is 24.3 Å². The van der Waals surface area contributed by atoms with Crippen LogP contribution in [-0.2, 0) is 6.54 Å². The van der Waals surface area contributed by atoms with Gasteiger partial charge in [0, 0.05) is 17.6 Å². The molecule has 1 aromatic carbocycles. The Balaban J connectivity index is 1.86. The van der Waals surface area contributed by atoms with Crippen LogP contribution in [0.1, 0.15) is 31.2 Å². The number of benzene rings is 1. The van der Waals surface area contributed by atoms with Gasteiger partial charge in [-0.05, 0) is 30.5 Å². The van der Waals surface area contributed by atoms with Gasteiger partial charge in [0.2, 0.25) is 0 Å². The summed E-state index contributed by atoms with van der Waals surface area (Å²) >= 11 is 5.92. The van der Waals surface area contributed by atoms with Gasteiger partial charge < -0.3 is 10.4 Å². The van der Waals surface area contributed by atoms with Gasteiger partial charge >= 0.3 is 0 Å². The first-order valence-electron chi connectivity index (χ1n) is 5.91. The van der Waals surface area contributed by atoms with E-state index in [0.717, 1.165) is 30.8 Å². The first-order valence-corrected chi connectivity index (χ1v) is 6.29. The highest BCUT2D eigenvalue weighted by molar-refractivity contribution is 6.30. The van der Waals surface area contributed by atoms with E-state index in [0.29, 0.717) is 0 Å². The molecule has 0 heterocycles. The smallest absolute Gasteiger partial charge is 0.0693 e. The van der Waals surface area contributed by atoms with E-state index in [4.69, 9.17) is 11.6 Å². The quantitative estimate of drug-likeness (QED) is 0.850. The van der Waals surface area contributed by atoms with Crippen molar-refractivity contribution in [2.75, 3.05) is 0 Å². The summed E-state index contributed by atoms with van der Waals surface area (Å²) in [7, 11) is 0. The molecule has 0 radical (unpaired) electrons. The number of hydrogen-bond donors (Lipinski definition) is 2. The molecule has 2 N–H and O–H groups in total. The van der Waals surface area contributed by atoms with Crippen molar-refractivity contribution in [1.82, 2.24) is 5.32 Å². The van der Waals surface area contributed by atoms with Crippen LogP contribution < -0.4 is 5.32 Å². The molecular formula is C13H18ClNO. The average Bonchev–Trinajstić information content (AvgIpc) is 2.28. The molecule has 1 aromatic rings. The van der Waals surface area contributed by atoms with E-state index >= 15 is 0 Å². The predicted octanol–water partition coefficient (Wildman–Crippen LogP) is 2.73. The van der Waals surface area contributed by atoms with E-state index in [2.05, 4.69) is 5.32 Å². The Hall–Kier alpha value is -0.570. The standard InChI is InChI=1S/C13H18ClNO/c14-11-5-3-4-10(8-11)9-15-12-6-1-2-7-13(12)16/h3-5,8,12-13,15-16H,1-2,6-7,9H2/t12-,13-/m1/s1. The van der Waals surface area contributed by atoms with Crippen molar-refractivity contribution in [2.45, 2.75) is 44.4 Å².